The summed E-state index contributed by atoms with van der Waals surface area (Å²) in [6.07, 6.45) is 4.35. The molecule has 0 bridgehead atoms. The van der Waals surface area contributed by atoms with Gasteiger partial charge in [-0.15, -0.1) is 0 Å². The normalized spacial score (nSPS) is 16.3. The highest BCUT2D eigenvalue weighted by Crippen LogP contribution is 2.53. The Morgan fingerprint density at radius 3 is 1.78 bits per heavy atom. The van der Waals surface area contributed by atoms with Crippen LogP contribution in [0, 0.1) is 0 Å². The molecule has 0 radical (unpaired) electrons. The summed E-state index contributed by atoms with van der Waals surface area (Å²) in [5.41, 5.74) is 10.6. The molecule has 2 aliphatic rings. The van der Waals surface area contributed by atoms with Gasteiger partial charge >= 0.3 is 0 Å². The molecular formula is C44H28O2. The third-order valence-corrected chi connectivity index (χ3v) is 9.82. The lowest BCUT2D eigenvalue weighted by Gasteiger charge is -2.19. The number of rotatable bonds is 3. The molecule has 7 aromatic carbocycles. The van der Waals surface area contributed by atoms with Gasteiger partial charge in [0, 0.05) is 16.5 Å². The smallest absolute Gasteiger partial charge is 0.167 e. The van der Waals surface area contributed by atoms with E-state index in [1.807, 2.05) is 12.1 Å². The molecule has 0 saturated heterocycles. The summed E-state index contributed by atoms with van der Waals surface area (Å²) >= 11 is 0. The first-order valence-electron chi connectivity index (χ1n) is 15.9. The topological polar surface area (TPSA) is 22.4 Å². The fraction of sp³-hybridized carbons (Fsp3) is 0.0455. The number of para-hydroxylation sites is 1. The summed E-state index contributed by atoms with van der Waals surface area (Å²) < 4.78 is 12.9. The van der Waals surface area contributed by atoms with E-state index < -0.39 is 0 Å². The van der Waals surface area contributed by atoms with Crippen LogP contribution in [0.1, 0.15) is 28.9 Å². The van der Waals surface area contributed by atoms with E-state index in [0.29, 0.717) is 0 Å². The van der Waals surface area contributed by atoms with Gasteiger partial charge in [-0.25, -0.2) is 0 Å². The van der Waals surface area contributed by atoms with Crippen LogP contribution in [0.2, 0.25) is 0 Å². The zero-order valence-corrected chi connectivity index (χ0v) is 25.0. The average Bonchev–Trinajstić information content (AvgIpc) is 3.69. The molecule has 2 atom stereocenters. The van der Waals surface area contributed by atoms with Crippen LogP contribution in [-0.4, -0.2) is 0 Å². The van der Waals surface area contributed by atoms with Crippen molar-refractivity contribution in [2.45, 2.75) is 12.0 Å². The molecule has 10 rings (SSSR count). The van der Waals surface area contributed by atoms with Gasteiger partial charge in [0.1, 0.15) is 11.3 Å². The van der Waals surface area contributed by atoms with E-state index in [4.69, 9.17) is 9.15 Å². The van der Waals surface area contributed by atoms with Crippen molar-refractivity contribution in [1.29, 1.82) is 0 Å². The highest BCUT2D eigenvalue weighted by Gasteiger charge is 2.40. The summed E-state index contributed by atoms with van der Waals surface area (Å²) in [6.45, 7) is 0. The maximum atomic E-state index is 6.57. The Kier molecular flexibility index (Phi) is 5.44. The van der Waals surface area contributed by atoms with E-state index >= 15 is 0 Å². The highest BCUT2D eigenvalue weighted by atomic mass is 16.5. The van der Waals surface area contributed by atoms with Crippen molar-refractivity contribution < 1.29 is 9.15 Å². The molecule has 1 aromatic heterocycles. The molecule has 0 saturated carbocycles. The molecule has 2 heteroatoms. The maximum Gasteiger partial charge on any atom is 0.167 e. The number of ether oxygens (including phenoxy) is 1. The van der Waals surface area contributed by atoms with Crippen molar-refractivity contribution in [3.63, 3.8) is 0 Å². The molecule has 1 aliphatic carbocycles. The van der Waals surface area contributed by atoms with Crippen LogP contribution in [0.15, 0.2) is 156 Å². The summed E-state index contributed by atoms with van der Waals surface area (Å²) in [4.78, 5) is 0. The molecule has 2 unspecified atom stereocenters. The summed E-state index contributed by atoms with van der Waals surface area (Å²) in [7, 11) is 0. The highest BCUT2D eigenvalue weighted by molar-refractivity contribution is 6.22. The van der Waals surface area contributed by atoms with E-state index in [9.17, 15) is 0 Å². The van der Waals surface area contributed by atoms with Gasteiger partial charge in [-0.1, -0.05) is 133 Å². The van der Waals surface area contributed by atoms with Gasteiger partial charge in [-0.3, -0.25) is 0 Å². The van der Waals surface area contributed by atoms with Gasteiger partial charge in [0.15, 0.2) is 11.9 Å². The number of hydrogen-bond donors (Lipinski definition) is 0. The monoisotopic (exact) mass is 588 g/mol. The molecule has 0 N–H and O–H groups in total. The Bertz CT molecular complexity index is 2500. The molecule has 0 spiro atoms. The Balaban J connectivity index is 1.16. The van der Waals surface area contributed by atoms with Crippen LogP contribution in [0.3, 0.4) is 0 Å². The van der Waals surface area contributed by atoms with Gasteiger partial charge in [-0.05, 0) is 79.2 Å². The van der Waals surface area contributed by atoms with E-state index in [0.717, 1.165) is 28.0 Å². The van der Waals surface area contributed by atoms with Crippen LogP contribution >= 0.6 is 0 Å². The van der Waals surface area contributed by atoms with Gasteiger partial charge in [0.25, 0.3) is 0 Å². The number of furan rings is 1. The second-order valence-corrected chi connectivity index (χ2v) is 12.3. The summed E-state index contributed by atoms with van der Waals surface area (Å²) in [5.74, 6) is 1.96. The molecule has 0 fully saturated rings. The van der Waals surface area contributed by atoms with Gasteiger partial charge in [-0.2, -0.15) is 0 Å². The summed E-state index contributed by atoms with van der Waals surface area (Å²) in [5, 5.41) is 6.17. The standard InChI is InChI=1S/C44H28O2/c1-3-11-27(12-4-1)41-32-16-7-8-17-33(32)42(28-13-5-2-6-14-28)38-26-29(19-21-34(38)41)30-20-24-40-37(25-30)36-23-22-35-31-15-9-10-18-39(31)45-43(35)44(36)46-40/h1-26,36,44H. The van der Waals surface area contributed by atoms with E-state index in [1.165, 1.54) is 60.5 Å². The van der Waals surface area contributed by atoms with Gasteiger partial charge in [0.05, 0.1) is 5.92 Å². The number of benzene rings is 7. The van der Waals surface area contributed by atoms with Crippen molar-refractivity contribution in [3.05, 3.63) is 169 Å². The van der Waals surface area contributed by atoms with Crippen molar-refractivity contribution >= 4 is 38.6 Å². The SMILES string of the molecule is C1=CC2c3cc(-c4ccc5c(-c6ccccc6)c6ccccc6c(-c6ccccc6)c5c4)ccc3OC2c2oc3ccccc3c21. The first-order chi connectivity index (χ1) is 22.8. The van der Waals surface area contributed by atoms with E-state index in [1.54, 1.807) is 0 Å². The van der Waals surface area contributed by atoms with Crippen molar-refractivity contribution in [2.24, 2.45) is 0 Å². The fourth-order valence-corrected chi connectivity index (χ4v) is 7.75. The molecule has 1 aliphatic heterocycles. The van der Waals surface area contributed by atoms with Crippen LogP contribution in [0.25, 0.3) is 72.0 Å². The zero-order chi connectivity index (χ0) is 30.2. The maximum absolute atomic E-state index is 6.57. The minimum atomic E-state index is -0.154. The largest absolute Gasteiger partial charge is 0.481 e. The van der Waals surface area contributed by atoms with Crippen LogP contribution in [0.4, 0.5) is 0 Å². The Morgan fingerprint density at radius 2 is 1.04 bits per heavy atom. The first kappa shape index (κ1) is 25.5. The lowest BCUT2D eigenvalue weighted by molar-refractivity contribution is 0.193. The van der Waals surface area contributed by atoms with Crippen molar-refractivity contribution in [1.82, 2.24) is 0 Å². The quantitative estimate of drug-likeness (QED) is 0.192. The molecular weight excluding hydrogens is 560 g/mol. The van der Waals surface area contributed by atoms with E-state index in [2.05, 4.69) is 146 Å². The van der Waals surface area contributed by atoms with Crippen LogP contribution < -0.4 is 4.74 Å². The molecule has 2 heterocycles. The Labute approximate surface area is 266 Å². The molecule has 8 aromatic rings. The Morgan fingerprint density at radius 1 is 0.457 bits per heavy atom. The second kappa shape index (κ2) is 9.82. The first-order valence-corrected chi connectivity index (χ1v) is 15.9. The predicted octanol–water partition coefficient (Wildman–Crippen LogP) is 12.0. The number of fused-ring (bicyclic) bond motifs is 9. The third kappa shape index (κ3) is 3.71. The minimum absolute atomic E-state index is 0.108. The Hall–Kier alpha value is -5.86. The summed E-state index contributed by atoms with van der Waals surface area (Å²) in [6, 6.07) is 52.3. The molecule has 46 heavy (non-hydrogen) atoms. The second-order valence-electron chi connectivity index (χ2n) is 12.3. The van der Waals surface area contributed by atoms with Gasteiger partial charge < -0.3 is 9.15 Å². The van der Waals surface area contributed by atoms with Gasteiger partial charge in [0.2, 0.25) is 0 Å². The average molecular weight is 589 g/mol. The fourth-order valence-electron chi connectivity index (χ4n) is 7.75. The predicted molar refractivity (Wildman–Crippen MR) is 189 cm³/mol. The minimum Gasteiger partial charge on any atom is -0.481 e. The molecule has 216 valence electrons. The number of hydrogen-bond acceptors (Lipinski definition) is 2. The van der Waals surface area contributed by atoms with Crippen molar-refractivity contribution in [2.75, 3.05) is 0 Å². The zero-order valence-electron chi connectivity index (χ0n) is 25.0. The molecule has 2 nitrogen and oxygen atoms in total. The molecule has 0 amide bonds. The van der Waals surface area contributed by atoms with Crippen molar-refractivity contribution in [3.8, 4) is 39.1 Å². The third-order valence-electron chi connectivity index (χ3n) is 9.82. The van der Waals surface area contributed by atoms with Crippen LogP contribution in [-0.2, 0) is 0 Å². The lowest BCUT2D eigenvalue weighted by atomic mass is 9.84. The van der Waals surface area contributed by atoms with E-state index in [-0.39, 0.29) is 12.0 Å². The lowest BCUT2D eigenvalue weighted by Crippen LogP contribution is -2.11. The van der Waals surface area contributed by atoms with Crippen LogP contribution in [0.5, 0.6) is 5.75 Å².